The van der Waals surface area contributed by atoms with Crippen molar-refractivity contribution in [2.75, 3.05) is 26.2 Å². The average Bonchev–Trinajstić information content (AvgIpc) is 2.59. The molecule has 0 fully saturated rings. The highest BCUT2D eigenvalue weighted by molar-refractivity contribution is 6.03. The number of rotatable bonds is 5. The number of carbonyl (C=O) groups is 1. The van der Waals surface area contributed by atoms with E-state index in [9.17, 15) is 4.79 Å². The highest BCUT2D eigenvalue weighted by atomic mass is 16.5. The first-order valence-electron chi connectivity index (χ1n) is 6.74. The normalized spacial score (nSPS) is 10.5. The summed E-state index contributed by atoms with van der Waals surface area (Å²) in [6.07, 6.45) is 4.85. The van der Waals surface area contributed by atoms with Crippen LogP contribution in [0, 0.1) is 0 Å². The Morgan fingerprint density at radius 3 is 2.64 bits per heavy atom. The van der Waals surface area contributed by atoms with Gasteiger partial charge in [0.25, 0.3) is 5.91 Å². The molecule has 0 aliphatic heterocycles. The molecule has 22 heavy (non-hydrogen) atoms. The lowest BCUT2D eigenvalue weighted by Crippen LogP contribution is -2.24. The standard InChI is InChI=1S/C17H18N2O3/c1-19(14-8-9-16(22-3)18-12-14)17(20)10-7-13-5-4-6-15(11-13)21-2/h4-12H,1-3H3. The topological polar surface area (TPSA) is 51.7 Å². The molecule has 5 nitrogen and oxygen atoms in total. The van der Waals surface area contributed by atoms with Crippen LogP contribution >= 0.6 is 0 Å². The third-order valence-electron chi connectivity index (χ3n) is 3.16. The first-order chi connectivity index (χ1) is 10.6. The molecule has 0 unspecified atom stereocenters. The molecule has 1 aromatic heterocycles. The van der Waals surface area contributed by atoms with Crippen LogP contribution in [-0.4, -0.2) is 32.2 Å². The SMILES string of the molecule is COc1cccc(C=CC(=O)N(C)c2ccc(OC)nc2)c1. The maximum atomic E-state index is 12.2. The summed E-state index contributed by atoms with van der Waals surface area (Å²) >= 11 is 0. The minimum atomic E-state index is -0.144. The van der Waals surface area contributed by atoms with Crippen molar-refractivity contribution in [2.45, 2.75) is 0 Å². The van der Waals surface area contributed by atoms with Gasteiger partial charge in [-0.15, -0.1) is 0 Å². The van der Waals surface area contributed by atoms with Crippen molar-refractivity contribution in [1.82, 2.24) is 4.98 Å². The van der Waals surface area contributed by atoms with Crippen molar-refractivity contribution in [2.24, 2.45) is 0 Å². The van der Waals surface area contributed by atoms with E-state index in [-0.39, 0.29) is 5.91 Å². The largest absolute Gasteiger partial charge is 0.497 e. The second-order valence-corrected chi connectivity index (χ2v) is 4.57. The quantitative estimate of drug-likeness (QED) is 0.797. The summed E-state index contributed by atoms with van der Waals surface area (Å²) < 4.78 is 10.1. The average molecular weight is 298 g/mol. The van der Waals surface area contributed by atoms with Gasteiger partial charge in [-0.25, -0.2) is 4.98 Å². The highest BCUT2D eigenvalue weighted by Crippen LogP contribution is 2.16. The Kier molecular flexibility index (Phi) is 5.14. The number of aromatic nitrogens is 1. The lowest BCUT2D eigenvalue weighted by Gasteiger charge is -2.14. The van der Waals surface area contributed by atoms with Crippen molar-refractivity contribution in [3.8, 4) is 11.6 Å². The van der Waals surface area contributed by atoms with E-state index in [1.54, 1.807) is 45.7 Å². The summed E-state index contributed by atoms with van der Waals surface area (Å²) in [6.45, 7) is 0. The third kappa shape index (κ3) is 3.85. The van der Waals surface area contributed by atoms with E-state index >= 15 is 0 Å². The van der Waals surface area contributed by atoms with Crippen molar-refractivity contribution in [3.05, 3.63) is 54.2 Å². The summed E-state index contributed by atoms with van der Waals surface area (Å²) in [4.78, 5) is 17.8. The number of hydrogen-bond acceptors (Lipinski definition) is 4. The predicted molar refractivity (Wildman–Crippen MR) is 86.2 cm³/mol. The summed E-state index contributed by atoms with van der Waals surface area (Å²) in [5.74, 6) is 1.12. The third-order valence-corrected chi connectivity index (χ3v) is 3.16. The first-order valence-corrected chi connectivity index (χ1v) is 6.74. The van der Waals surface area contributed by atoms with E-state index in [0.717, 1.165) is 11.3 Å². The molecule has 114 valence electrons. The molecule has 2 aromatic rings. The van der Waals surface area contributed by atoms with Gasteiger partial charge in [0.1, 0.15) is 5.75 Å². The van der Waals surface area contributed by atoms with Crippen LogP contribution in [0.3, 0.4) is 0 Å². The van der Waals surface area contributed by atoms with Gasteiger partial charge in [0.2, 0.25) is 5.88 Å². The molecule has 1 heterocycles. The molecule has 2 rings (SSSR count). The Bertz CT molecular complexity index is 666. The molecule has 0 spiro atoms. The molecule has 0 aliphatic carbocycles. The first kappa shape index (κ1) is 15.6. The number of nitrogens with zero attached hydrogens (tertiary/aromatic N) is 2. The van der Waals surface area contributed by atoms with Gasteiger partial charge in [0, 0.05) is 19.2 Å². The second-order valence-electron chi connectivity index (χ2n) is 4.57. The molecule has 5 heteroatoms. The number of likely N-dealkylation sites (N-methyl/N-ethyl adjacent to an activating group) is 1. The number of carbonyl (C=O) groups excluding carboxylic acids is 1. The van der Waals surface area contributed by atoms with Gasteiger partial charge in [-0.1, -0.05) is 12.1 Å². The van der Waals surface area contributed by atoms with Gasteiger partial charge >= 0.3 is 0 Å². The van der Waals surface area contributed by atoms with Crippen LogP contribution < -0.4 is 14.4 Å². The molecule has 0 bridgehead atoms. The molecule has 0 atom stereocenters. The maximum absolute atomic E-state index is 12.2. The number of methoxy groups -OCH3 is 2. The second kappa shape index (κ2) is 7.26. The molecule has 1 amide bonds. The van der Waals surface area contributed by atoms with E-state index < -0.39 is 0 Å². The van der Waals surface area contributed by atoms with Gasteiger partial charge in [0.15, 0.2) is 0 Å². The molecule has 0 radical (unpaired) electrons. The van der Waals surface area contributed by atoms with E-state index in [1.807, 2.05) is 24.3 Å². The van der Waals surface area contributed by atoms with Crippen LogP contribution in [0.15, 0.2) is 48.7 Å². The highest BCUT2D eigenvalue weighted by Gasteiger charge is 2.08. The lowest BCUT2D eigenvalue weighted by atomic mass is 10.2. The Morgan fingerprint density at radius 1 is 1.18 bits per heavy atom. The number of benzene rings is 1. The number of ether oxygens (including phenoxy) is 2. The van der Waals surface area contributed by atoms with Crippen molar-refractivity contribution in [3.63, 3.8) is 0 Å². The Balaban J connectivity index is 2.07. The Morgan fingerprint density at radius 2 is 2.00 bits per heavy atom. The number of hydrogen-bond donors (Lipinski definition) is 0. The summed E-state index contributed by atoms with van der Waals surface area (Å²) in [5.41, 5.74) is 1.59. The van der Waals surface area contributed by atoms with E-state index in [1.165, 1.54) is 11.0 Å². The fraction of sp³-hybridized carbons (Fsp3) is 0.176. The van der Waals surface area contributed by atoms with Crippen LogP contribution in [0.4, 0.5) is 5.69 Å². The van der Waals surface area contributed by atoms with E-state index in [4.69, 9.17) is 9.47 Å². The van der Waals surface area contributed by atoms with E-state index in [2.05, 4.69) is 4.98 Å². The molecular formula is C17H18N2O3. The van der Waals surface area contributed by atoms with Gasteiger partial charge in [0.05, 0.1) is 26.1 Å². The number of anilines is 1. The smallest absolute Gasteiger partial charge is 0.250 e. The molecule has 0 saturated carbocycles. The molecule has 0 saturated heterocycles. The summed E-state index contributed by atoms with van der Waals surface area (Å²) in [7, 11) is 4.86. The fourth-order valence-corrected chi connectivity index (χ4v) is 1.84. The molecule has 0 aliphatic rings. The van der Waals surface area contributed by atoms with Crippen molar-refractivity contribution < 1.29 is 14.3 Å². The molecule has 1 aromatic carbocycles. The van der Waals surface area contributed by atoms with Crippen molar-refractivity contribution in [1.29, 1.82) is 0 Å². The van der Waals surface area contributed by atoms with Crippen LogP contribution in [0.25, 0.3) is 6.08 Å². The fourth-order valence-electron chi connectivity index (χ4n) is 1.84. The minimum Gasteiger partial charge on any atom is -0.497 e. The van der Waals surface area contributed by atoms with Crippen LogP contribution in [0.1, 0.15) is 5.56 Å². The zero-order valence-electron chi connectivity index (χ0n) is 12.8. The summed E-state index contributed by atoms with van der Waals surface area (Å²) in [5, 5.41) is 0. The van der Waals surface area contributed by atoms with Crippen LogP contribution in [0.2, 0.25) is 0 Å². The zero-order valence-corrected chi connectivity index (χ0v) is 12.8. The predicted octanol–water partition coefficient (Wildman–Crippen LogP) is 2.78. The minimum absolute atomic E-state index is 0.144. The zero-order chi connectivity index (χ0) is 15.9. The number of amides is 1. The molecule has 0 N–H and O–H groups in total. The summed E-state index contributed by atoms with van der Waals surface area (Å²) in [6, 6.07) is 11.0. The van der Waals surface area contributed by atoms with Crippen LogP contribution in [-0.2, 0) is 4.79 Å². The van der Waals surface area contributed by atoms with E-state index in [0.29, 0.717) is 11.6 Å². The monoisotopic (exact) mass is 298 g/mol. The molecular weight excluding hydrogens is 280 g/mol. The van der Waals surface area contributed by atoms with Gasteiger partial charge in [-0.2, -0.15) is 0 Å². The number of pyridine rings is 1. The van der Waals surface area contributed by atoms with Crippen molar-refractivity contribution >= 4 is 17.7 Å². The van der Waals surface area contributed by atoms with Crippen LogP contribution in [0.5, 0.6) is 11.6 Å². The maximum Gasteiger partial charge on any atom is 0.250 e. The van der Waals surface area contributed by atoms with Gasteiger partial charge < -0.3 is 14.4 Å². The Labute approximate surface area is 129 Å². The van der Waals surface area contributed by atoms with Gasteiger partial charge in [-0.05, 0) is 29.8 Å². The lowest BCUT2D eigenvalue weighted by molar-refractivity contribution is -0.113. The Hall–Kier alpha value is -2.82. The van der Waals surface area contributed by atoms with Gasteiger partial charge in [-0.3, -0.25) is 4.79 Å².